The molecule has 8 nitrogen and oxygen atoms in total. The number of unbranched alkanes of at least 4 members (excludes halogenated alkanes) is 11. The van der Waals surface area contributed by atoms with E-state index in [4.69, 9.17) is 13.8 Å². The maximum atomic E-state index is 13.0. The molecule has 1 fully saturated rings. The second-order valence-electron chi connectivity index (χ2n) is 12.2. The Labute approximate surface area is 221 Å². The first-order valence-corrected chi connectivity index (χ1v) is 15.9. The van der Waals surface area contributed by atoms with Crippen molar-refractivity contribution in [2.45, 2.75) is 128 Å². The van der Waals surface area contributed by atoms with Crippen LogP contribution in [-0.2, 0) is 23.6 Å². The van der Waals surface area contributed by atoms with Crippen molar-refractivity contribution in [2.24, 2.45) is 0 Å². The third kappa shape index (κ3) is 14.2. The van der Waals surface area contributed by atoms with Crippen LogP contribution in [0, 0.1) is 0 Å². The molecule has 1 heterocycles. The fourth-order valence-corrected chi connectivity index (χ4v) is 5.41. The van der Waals surface area contributed by atoms with E-state index in [9.17, 15) is 14.7 Å². The molecular weight excluding hydrogens is 479 g/mol. The number of hydrogen-bond acceptors (Lipinski definition) is 5. The van der Waals surface area contributed by atoms with Crippen LogP contribution >= 0.6 is 7.82 Å². The molecule has 1 N–H and O–H groups in total. The van der Waals surface area contributed by atoms with E-state index in [1.54, 1.807) is 0 Å². The number of phosphoric acid groups is 1. The summed E-state index contributed by atoms with van der Waals surface area (Å²) in [6.07, 6.45) is 16.2. The number of nitrogens with zero attached hydrogens (tertiary/aromatic N) is 2. The molecule has 2 atom stereocenters. The summed E-state index contributed by atoms with van der Waals surface area (Å²) in [4.78, 5) is 9.72. The lowest BCUT2D eigenvalue weighted by Gasteiger charge is -2.35. The number of hydroxylamine groups is 2. The number of rotatable bonds is 22. The van der Waals surface area contributed by atoms with Gasteiger partial charge in [-0.1, -0.05) is 71.1 Å². The highest BCUT2D eigenvalue weighted by molar-refractivity contribution is 7.47. The van der Waals surface area contributed by atoms with Crippen molar-refractivity contribution in [2.75, 3.05) is 47.5 Å². The normalized spacial score (nSPS) is 22.2. The topological polar surface area (TPSA) is 88.1 Å². The molecule has 2 unspecified atom stereocenters. The Bertz CT molecular complexity index is 628. The van der Waals surface area contributed by atoms with E-state index in [1.807, 2.05) is 35.0 Å². The van der Waals surface area contributed by atoms with Crippen molar-refractivity contribution in [3.8, 4) is 0 Å². The molecule has 0 spiro atoms. The summed E-state index contributed by atoms with van der Waals surface area (Å²) < 4.78 is 28.8. The first kappa shape index (κ1) is 34.0. The zero-order valence-electron chi connectivity index (χ0n) is 24.3. The lowest BCUT2D eigenvalue weighted by molar-refractivity contribution is -0.870. The minimum atomic E-state index is -3.93. The largest absolute Gasteiger partial charge is 0.472 e. The van der Waals surface area contributed by atoms with Gasteiger partial charge in [-0.15, -0.1) is 10.3 Å². The SMILES string of the molecule is CCCCCCC1(CCCCCCCCCCCOP(=O)(O)OCC[N+](C)(C)C)OCC(C)(C)N1[O]. The van der Waals surface area contributed by atoms with E-state index in [2.05, 4.69) is 6.92 Å². The summed E-state index contributed by atoms with van der Waals surface area (Å²) in [5.74, 6) is 0. The Hall–Kier alpha value is -0.0500. The van der Waals surface area contributed by atoms with Crippen LogP contribution in [-0.4, -0.2) is 73.2 Å². The van der Waals surface area contributed by atoms with Crippen LogP contribution < -0.4 is 0 Å². The number of ether oxygens (including phenoxy) is 1. The number of phosphoric ester groups is 1. The van der Waals surface area contributed by atoms with Gasteiger partial charge in [-0.25, -0.2) is 4.57 Å². The van der Waals surface area contributed by atoms with Crippen molar-refractivity contribution >= 4 is 7.82 Å². The van der Waals surface area contributed by atoms with Gasteiger partial charge >= 0.3 is 7.82 Å². The molecule has 0 aromatic carbocycles. The molecule has 1 radical (unpaired) electrons. The molecular formula is C27H57N2O6P+. The lowest BCUT2D eigenvalue weighted by Crippen LogP contribution is -2.49. The average molecular weight is 537 g/mol. The maximum absolute atomic E-state index is 13.0. The van der Waals surface area contributed by atoms with Gasteiger partial charge in [0, 0.05) is 0 Å². The van der Waals surface area contributed by atoms with Crippen LogP contribution in [0.15, 0.2) is 0 Å². The van der Waals surface area contributed by atoms with Gasteiger partial charge in [-0.2, -0.15) is 0 Å². The third-order valence-electron chi connectivity index (χ3n) is 7.02. The van der Waals surface area contributed by atoms with Crippen molar-refractivity contribution in [1.29, 1.82) is 0 Å². The number of likely N-dealkylation sites (N-methyl/N-ethyl adjacent to an activating group) is 1. The molecule has 36 heavy (non-hydrogen) atoms. The Kier molecular flexibility index (Phi) is 15.9. The number of hydrogen-bond donors (Lipinski definition) is 1. The second-order valence-corrected chi connectivity index (χ2v) is 13.7. The molecule has 0 amide bonds. The molecule has 0 aromatic heterocycles. The van der Waals surface area contributed by atoms with Crippen LogP contribution in [0.1, 0.15) is 117 Å². The maximum Gasteiger partial charge on any atom is 0.472 e. The standard InChI is InChI=1S/C27H56N2O6P/c1-7-8-9-17-20-27(28(30)26(2,3)25-33-27)21-18-15-13-11-10-12-14-16-19-23-34-36(31,32)35-24-22-29(4,5)6/h7-25H2,1-6H3/p+1. The van der Waals surface area contributed by atoms with Gasteiger partial charge in [0.25, 0.3) is 0 Å². The molecule has 1 rings (SSSR count). The van der Waals surface area contributed by atoms with E-state index in [1.165, 1.54) is 50.0 Å². The van der Waals surface area contributed by atoms with Crippen molar-refractivity contribution in [1.82, 2.24) is 5.06 Å². The Morgan fingerprint density at radius 3 is 1.78 bits per heavy atom. The van der Waals surface area contributed by atoms with Gasteiger partial charge in [0.1, 0.15) is 18.9 Å². The Morgan fingerprint density at radius 1 is 0.833 bits per heavy atom. The molecule has 1 aliphatic rings. The van der Waals surface area contributed by atoms with Gasteiger partial charge in [0.15, 0.2) is 0 Å². The van der Waals surface area contributed by atoms with Crippen molar-refractivity contribution in [3.05, 3.63) is 0 Å². The van der Waals surface area contributed by atoms with Crippen LogP contribution in [0.3, 0.4) is 0 Å². The predicted octanol–water partition coefficient (Wildman–Crippen LogP) is 6.85. The summed E-state index contributed by atoms with van der Waals surface area (Å²) in [5, 5.41) is 14.3. The van der Waals surface area contributed by atoms with Gasteiger partial charge in [0.2, 0.25) is 0 Å². The molecule has 0 aromatic rings. The van der Waals surface area contributed by atoms with Crippen LogP contribution in [0.2, 0.25) is 0 Å². The van der Waals surface area contributed by atoms with Gasteiger partial charge in [-0.3, -0.25) is 9.05 Å². The zero-order valence-corrected chi connectivity index (χ0v) is 25.2. The lowest BCUT2D eigenvalue weighted by atomic mass is 9.95. The highest BCUT2D eigenvalue weighted by Gasteiger charge is 2.51. The van der Waals surface area contributed by atoms with Gasteiger partial charge in [-0.05, 0) is 46.0 Å². The van der Waals surface area contributed by atoms with Crippen molar-refractivity contribution in [3.63, 3.8) is 0 Å². The average Bonchev–Trinajstić information content (AvgIpc) is 3.00. The molecule has 0 bridgehead atoms. The molecule has 1 aliphatic heterocycles. The minimum Gasteiger partial charge on any atom is -0.356 e. The third-order valence-corrected chi connectivity index (χ3v) is 8.04. The van der Waals surface area contributed by atoms with Crippen molar-refractivity contribution < 1.29 is 32.9 Å². The zero-order chi connectivity index (χ0) is 27.1. The summed E-state index contributed by atoms with van der Waals surface area (Å²) in [6, 6.07) is 0. The van der Waals surface area contributed by atoms with E-state index in [-0.39, 0.29) is 13.2 Å². The minimum absolute atomic E-state index is 0.206. The highest BCUT2D eigenvalue weighted by Crippen LogP contribution is 2.43. The molecule has 215 valence electrons. The van der Waals surface area contributed by atoms with Gasteiger partial charge in [0.05, 0.1) is 39.9 Å². The Morgan fingerprint density at radius 2 is 1.31 bits per heavy atom. The first-order chi connectivity index (χ1) is 16.8. The number of quaternary nitrogens is 1. The summed E-state index contributed by atoms with van der Waals surface area (Å²) in [6.45, 7) is 7.82. The summed E-state index contributed by atoms with van der Waals surface area (Å²) >= 11 is 0. The molecule has 0 saturated carbocycles. The first-order valence-electron chi connectivity index (χ1n) is 14.4. The molecule has 1 saturated heterocycles. The van der Waals surface area contributed by atoms with E-state index >= 15 is 0 Å². The van der Waals surface area contributed by atoms with E-state index < -0.39 is 19.1 Å². The smallest absolute Gasteiger partial charge is 0.356 e. The van der Waals surface area contributed by atoms with Crippen LogP contribution in [0.25, 0.3) is 0 Å². The van der Waals surface area contributed by atoms with Crippen LogP contribution in [0.4, 0.5) is 0 Å². The monoisotopic (exact) mass is 536 g/mol. The molecule has 0 aliphatic carbocycles. The Balaban J connectivity index is 2.08. The second kappa shape index (κ2) is 16.8. The fraction of sp³-hybridized carbons (Fsp3) is 1.00. The van der Waals surface area contributed by atoms with E-state index in [0.717, 1.165) is 51.4 Å². The predicted molar refractivity (Wildman–Crippen MR) is 145 cm³/mol. The summed E-state index contributed by atoms with van der Waals surface area (Å²) in [7, 11) is 2.08. The molecule has 9 heteroatoms. The highest BCUT2D eigenvalue weighted by atomic mass is 31.2. The van der Waals surface area contributed by atoms with Crippen LogP contribution in [0.5, 0.6) is 0 Å². The fourth-order valence-electron chi connectivity index (χ4n) is 4.67. The summed E-state index contributed by atoms with van der Waals surface area (Å²) in [5.41, 5.74) is -1.04. The van der Waals surface area contributed by atoms with E-state index in [0.29, 0.717) is 17.6 Å². The van der Waals surface area contributed by atoms with Gasteiger partial charge < -0.3 is 14.1 Å². The quantitative estimate of drug-likeness (QED) is 0.0925.